The highest BCUT2D eigenvalue weighted by molar-refractivity contribution is 7.08. The van der Waals surface area contributed by atoms with E-state index in [4.69, 9.17) is 0 Å². The number of nitrogens with zero attached hydrogens (tertiary/aromatic N) is 4. The Bertz CT molecular complexity index is 1740. The monoisotopic (exact) mass is 512 g/mol. The van der Waals surface area contributed by atoms with Crippen LogP contribution in [0.15, 0.2) is 71.8 Å². The van der Waals surface area contributed by atoms with Crippen molar-refractivity contribution < 1.29 is 8.78 Å². The van der Waals surface area contributed by atoms with Crippen LogP contribution in [0.4, 0.5) is 8.78 Å². The number of hydrogen-bond acceptors (Lipinski definition) is 5. The van der Waals surface area contributed by atoms with E-state index in [-0.39, 0.29) is 13.0 Å². The number of pyridine rings is 2. The molecule has 6 heterocycles. The van der Waals surface area contributed by atoms with Gasteiger partial charge in [0, 0.05) is 65.5 Å². The first-order chi connectivity index (χ1) is 18.0. The Hall–Kier alpha value is -3.95. The van der Waals surface area contributed by atoms with Crippen molar-refractivity contribution in [3.05, 3.63) is 77.4 Å². The highest BCUT2D eigenvalue weighted by Gasteiger charge is 2.37. The lowest BCUT2D eigenvalue weighted by Gasteiger charge is -2.15. The van der Waals surface area contributed by atoms with Gasteiger partial charge in [0.2, 0.25) is 0 Å². The number of aromatic nitrogens is 5. The minimum Gasteiger partial charge on any atom is -0.353 e. The Morgan fingerprint density at radius 1 is 1.00 bits per heavy atom. The normalized spacial score (nSPS) is 15.7. The molecule has 37 heavy (non-hydrogen) atoms. The quantitative estimate of drug-likeness (QED) is 0.268. The molecule has 1 aliphatic heterocycles. The van der Waals surface area contributed by atoms with Crippen LogP contribution < -0.4 is 0 Å². The van der Waals surface area contributed by atoms with Gasteiger partial charge in [-0.25, -0.2) is 13.8 Å². The smallest absolute Gasteiger partial charge is 0.261 e. The lowest BCUT2D eigenvalue weighted by Crippen LogP contribution is -2.24. The number of fused-ring (bicyclic) bond motifs is 2. The number of halogens is 2. The summed E-state index contributed by atoms with van der Waals surface area (Å²) in [6, 6.07) is 14.6. The van der Waals surface area contributed by atoms with E-state index < -0.39 is 5.92 Å². The first kappa shape index (κ1) is 22.3. The molecule has 7 rings (SSSR count). The van der Waals surface area contributed by atoms with Crippen molar-refractivity contribution in [1.82, 2.24) is 30.0 Å². The second-order valence-electron chi connectivity index (χ2n) is 9.55. The summed E-state index contributed by atoms with van der Waals surface area (Å²) in [5, 5.41) is 13.9. The highest BCUT2D eigenvalue weighted by Crippen LogP contribution is 2.35. The van der Waals surface area contributed by atoms with Crippen molar-refractivity contribution in [1.29, 1.82) is 0 Å². The predicted molar refractivity (Wildman–Crippen MR) is 143 cm³/mol. The van der Waals surface area contributed by atoms with Crippen molar-refractivity contribution in [2.75, 3.05) is 13.1 Å². The lowest BCUT2D eigenvalue weighted by atomic mass is 10.0. The Kier molecular flexibility index (Phi) is 5.16. The Balaban J connectivity index is 1.24. The molecule has 184 valence electrons. The molecule has 0 saturated carbocycles. The molecule has 6 aromatic rings. The fourth-order valence-electron chi connectivity index (χ4n) is 5.15. The standard InChI is InChI=1S/C28H22F2N6S/c29-28(30)5-6-36(16-28)14-17-8-19(12-31-11-17)20-9-23-26(34-35-27(23)32-13-20)25-10-22-21(18-4-7-37-15-18)2-1-3-24(22)33-25/h1-4,7-13,15,33H,5-6,14,16H2,(H,32,34,35). The summed E-state index contributed by atoms with van der Waals surface area (Å²) in [4.78, 5) is 14.3. The van der Waals surface area contributed by atoms with Crippen LogP contribution in [0, 0.1) is 0 Å². The predicted octanol–water partition coefficient (Wildman–Crippen LogP) is 6.74. The number of thiophene rings is 1. The molecule has 0 atom stereocenters. The van der Waals surface area contributed by atoms with Crippen LogP contribution in [0.5, 0.6) is 0 Å². The van der Waals surface area contributed by atoms with E-state index >= 15 is 0 Å². The fourth-order valence-corrected chi connectivity index (χ4v) is 5.81. The van der Waals surface area contributed by atoms with Gasteiger partial charge in [0.15, 0.2) is 5.65 Å². The van der Waals surface area contributed by atoms with Crippen LogP contribution in [-0.4, -0.2) is 49.1 Å². The van der Waals surface area contributed by atoms with E-state index in [0.717, 1.165) is 44.4 Å². The molecular weight excluding hydrogens is 490 g/mol. The van der Waals surface area contributed by atoms with Gasteiger partial charge in [-0.1, -0.05) is 12.1 Å². The van der Waals surface area contributed by atoms with Crippen molar-refractivity contribution >= 4 is 33.3 Å². The van der Waals surface area contributed by atoms with Crippen LogP contribution in [0.1, 0.15) is 12.0 Å². The summed E-state index contributed by atoms with van der Waals surface area (Å²) in [6.07, 6.45) is 5.20. The number of H-pyrrole nitrogens is 2. The molecule has 1 aliphatic rings. The topological polar surface area (TPSA) is 73.5 Å². The maximum absolute atomic E-state index is 13.6. The minimum atomic E-state index is -2.61. The van der Waals surface area contributed by atoms with Crippen LogP contribution >= 0.6 is 11.3 Å². The molecule has 1 saturated heterocycles. The Morgan fingerprint density at radius 3 is 2.76 bits per heavy atom. The number of hydrogen-bond donors (Lipinski definition) is 2. The molecule has 0 unspecified atom stereocenters. The van der Waals surface area contributed by atoms with E-state index in [1.54, 1.807) is 34.8 Å². The van der Waals surface area contributed by atoms with Gasteiger partial charge in [-0.05, 0) is 57.8 Å². The molecule has 0 spiro atoms. The zero-order valence-electron chi connectivity index (χ0n) is 19.7. The van der Waals surface area contributed by atoms with E-state index in [1.165, 1.54) is 11.1 Å². The van der Waals surface area contributed by atoms with Gasteiger partial charge in [-0.2, -0.15) is 16.4 Å². The number of rotatable bonds is 5. The van der Waals surface area contributed by atoms with Crippen LogP contribution in [-0.2, 0) is 6.54 Å². The average molecular weight is 513 g/mol. The maximum Gasteiger partial charge on any atom is 0.261 e. The zero-order valence-corrected chi connectivity index (χ0v) is 20.5. The summed E-state index contributed by atoms with van der Waals surface area (Å²) in [5.41, 5.74) is 8.54. The van der Waals surface area contributed by atoms with Crippen molar-refractivity contribution in [2.24, 2.45) is 0 Å². The molecule has 0 radical (unpaired) electrons. The van der Waals surface area contributed by atoms with E-state index in [9.17, 15) is 8.78 Å². The van der Waals surface area contributed by atoms with E-state index in [1.807, 2.05) is 6.07 Å². The molecule has 0 bridgehead atoms. The first-order valence-electron chi connectivity index (χ1n) is 12.1. The summed E-state index contributed by atoms with van der Waals surface area (Å²) >= 11 is 1.68. The zero-order chi connectivity index (χ0) is 25.0. The second kappa shape index (κ2) is 8.57. The van der Waals surface area contributed by atoms with Crippen molar-refractivity contribution in [3.8, 4) is 33.6 Å². The van der Waals surface area contributed by atoms with Crippen LogP contribution in [0.25, 0.3) is 55.6 Å². The van der Waals surface area contributed by atoms with Crippen molar-refractivity contribution in [3.63, 3.8) is 0 Å². The molecule has 5 aromatic heterocycles. The first-order valence-corrected chi connectivity index (χ1v) is 13.0. The van der Waals surface area contributed by atoms with E-state index in [0.29, 0.717) is 18.7 Å². The Morgan fingerprint density at radius 2 is 1.92 bits per heavy atom. The molecular formula is C28H22F2N6S. The van der Waals surface area contributed by atoms with Gasteiger partial charge in [-0.3, -0.25) is 15.0 Å². The Labute approximate surface area is 215 Å². The van der Waals surface area contributed by atoms with Gasteiger partial charge < -0.3 is 4.98 Å². The van der Waals surface area contributed by atoms with Gasteiger partial charge in [0.25, 0.3) is 5.92 Å². The van der Waals surface area contributed by atoms with Crippen molar-refractivity contribution in [2.45, 2.75) is 18.9 Å². The van der Waals surface area contributed by atoms with Crippen LogP contribution in [0.3, 0.4) is 0 Å². The van der Waals surface area contributed by atoms with Crippen LogP contribution in [0.2, 0.25) is 0 Å². The number of benzene rings is 1. The maximum atomic E-state index is 13.6. The van der Waals surface area contributed by atoms with Gasteiger partial charge in [0.1, 0.15) is 0 Å². The largest absolute Gasteiger partial charge is 0.353 e. The third-order valence-corrected chi connectivity index (χ3v) is 7.64. The summed E-state index contributed by atoms with van der Waals surface area (Å²) in [5.74, 6) is -2.61. The molecule has 2 N–H and O–H groups in total. The number of alkyl halides is 2. The minimum absolute atomic E-state index is 0.0908. The molecule has 0 aliphatic carbocycles. The van der Waals surface area contributed by atoms with Gasteiger partial charge in [0.05, 0.1) is 17.9 Å². The number of aromatic amines is 2. The third-order valence-electron chi connectivity index (χ3n) is 6.96. The SMILES string of the molecule is FC1(F)CCN(Cc2cncc(-c3cnc4n[nH]c(-c5cc6c(-c7ccsc7)cccc6[nH]5)c4c3)c2)C1. The highest BCUT2D eigenvalue weighted by atomic mass is 32.1. The van der Waals surface area contributed by atoms with E-state index in [2.05, 4.69) is 72.3 Å². The lowest BCUT2D eigenvalue weighted by molar-refractivity contribution is 0.0115. The molecule has 6 nitrogen and oxygen atoms in total. The van der Waals surface area contributed by atoms with Gasteiger partial charge >= 0.3 is 0 Å². The third kappa shape index (κ3) is 4.10. The molecule has 1 fully saturated rings. The fraction of sp³-hybridized carbons (Fsp3) is 0.179. The summed E-state index contributed by atoms with van der Waals surface area (Å²) < 4.78 is 27.2. The summed E-state index contributed by atoms with van der Waals surface area (Å²) in [6.45, 7) is 0.633. The number of likely N-dealkylation sites (tertiary alicyclic amines) is 1. The number of nitrogens with one attached hydrogen (secondary N) is 2. The molecule has 1 aromatic carbocycles. The summed E-state index contributed by atoms with van der Waals surface area (Å²) in [7, 11) is 0. The second-order valence-corrected chi connectivity index (χ2v) is 10.3. The van der Waals surface area contributed by atoms with Gasteiger partial charge in [-0.15, -0.1) is 0 Å². The average Bonchev–Trinajstić information content (AvgIpc) is 3.69. The molecule has 0 amide bonds. The molecule has 9 heteroatoms.